The average molecular weight is 350 g/mol. The second-order valence-electron chi connectivity index (χ2n) is 3.60. The highest BCUT2D eigenvalue weighted by Gasteiger charge is 2.32. The topological polar surface area (TPSA) is 67.0 Å². The predicted octanol–water partition coefficient (Wildman–Crippen LogP) is 3.32. The Bertz CT molecular complexity index is 614. The summed E-state index contributed by atoms with van der Waals surface area (Å²) in [7, 11) is 0. The molecule has 1 aromatic carbocycles. The van der Waals surface area contributed by atoms with Gasteiger partial charge in [-0.15, -0.1) is 13.2 Å². The monoisotopic (exact) mass is 349 g/mol. The summed E-state index contributed by atoms with van der Waals surface area (Å²) in [5, 5.41) is 8.35. The lowest BCUT2D eigenvalue weighted by Crippen LogP contribution is -2.19. The number of carbonyl (C=O) groups excluding carboxylic acids is 1. The quantitative estimate of drug-likeness (QED) is 0.893. The number of aromatic amines is 1. The van der Waals surface area contributed by atoms with Crippen LogP contribution in [0, 0.1) is 0 Å². The Labute approximate surface area is 119 Å². The molecule has 0 radical (unpaired) electrons. The van der Waals surface area contributed by atoms with Gasteiger partial charge in [-0.3, -0.25) is 9.89 Å². The third-order valence-electron chi connectivity index (χ3n) is 2.15. The Hall–Kier alpha value is -2.03. The second-order valence-corrected chi connectivity index (χ2v) is 4.52. The van der Waals surface area contributed by atoms with Gasteiger partial charge in [0.2, 0.25) is 0 Å². The molecule has 0 unspecified atom stereocenters. The maximum Gasteiger partial charge on any atom is 0.573 e. The predicted molar refractivity (Wildman–Crippen MR) is 67.4 cm³/mol. The summed E-state index contributed by atoms with van der Waals surface area (Å²) in [6, 6.07) is 5.26. The van der Waals surface area contributed by atoms with Crippen molar-refractivity contribution < 1.29 is 22.7 Å². The zero-order valence-electron chi connectivity index (χ0n) is 9.66. The SMILES string of the molecule is O=C(Nc1ccc(Br)cc1OC(F)(F)F)c1cc[nH]n1. The minimum absolute atomic E-state index is 0.0471. The van der Waals surface area contributed by atoms with Crippen LogP contribution >= 0.6 is 15.9 Å². The summed E-state index contributed by atoms with van der Waals surface area (Å²) in [5.74, 6) is -1.17. The number of alkyl halides is 3. The van der Waals surface area contributed by atoms with Crippen molar-refractivity contribution in [3.63, 3.8) is 0 Å². The molecule has 0 fully saturated rings. The molecule has 9 heteroatoms. The van der Waals surface area contributed by atoms with Crippen molar-refractivity contribution in [2.45, 2.75) is 6.36 Å². The third-order valence-corrected chi connectivity index (χ3v) is 2.64. The van der Waals surface area contributed by atoms with Gasteiger partial charge in [-0.2, -0.15) is 5.10 Å². The van der Waals surface area contributed by atoms with E-state index in [0.717, 1.165) is 6.07 Å². The van der Waals surface area contributed by atoms with Gasteiger partial charge in [0.25, 0.3) is 5.91 Å². The molecule has 5 nitrogen and oxygen atoms in total. The zero-order chi connectivity index (χ0) is 14.8. The fourth-order valence-corrected chi connectivity index (χ4v) is 1.72. The van der Waals surface area contributed by atoms with Gasteiger partial charge in [-0.25, -0.2) is 0 Å². The molecule has 2 N–H and O–H groups in total. The molecule has 2 aromatic rings. The van der Waals surface area contributed by atoms with E-state index in [0.29, 0.717) is 4.47 Å². The van der Waals surface area contributed by atoms with Crippen LogP contribution in [0.2, 0.25) is 0 Å². The lowest BCUT2D eigenvalue weighted by molar-refractivity contribution is -0.274. The van der Waals surface area contributed by atoms with Crippen molar-refractivity contribution in [1.29, 1.82) is 0 Å². The molecule has 0 saturated carbocycles. The molecule has 20 heavy (non-hydrogen) atoms. The van der Waals surface area contributed by atoms with Gasteiger partial charge in [0.1, 0.15) is 5.69 Å². The Morgan fingerprint density at radius 1 is 1.35 bits per heavy atom. The lowest BCUT2D eigenvalue weighted by Gasteiger charge is -2.13. The number of nitrogens with one attached hydrogen (secondary N) is 2. The van der Waals surface area contributed by atoms with Gasteiger partial charge in [0.05, 0.1) is 5.69 Å². The summed E-state index contributed by atoms with van der Waals surface area (Å²) in [6.07, 6.45) is -3.43. The number of carbonyl (C=O) groups is 1. The Kier molecular flexibility index (Phi) is 3.98. The molecular formula is C11H7BrF3N3O2. The molecule has 0 aliphatic carbocycles. The second kappa shape index (κ2) is 5.53. The maximum atomic E-state index is 12.3. The fourth-order valence-electron chi connectivity index (χ4n) is 1.38. The minimum atomic E-state index is -4.85. The first-order valence-corrected chi connectivity index (χ1v) is 6.01. The van der Waals surface area contributed by atoms with Crippen LogP contribution in [0.3, 0.4) is 0 Å². The number of hydrogen-bond acceptors (Lipinski definition) is 3. The zero-order valence-corrected chi connectivity index (χ0v) is 11.2. The Morgan fingerprint density at radius 3 is 2.70 bits per heavy atom. The smallest absolute Gasteiger partial charge is 0.404 e. The van der Waals surface area contributed by atoms with Crippen LogP contribution in [-0.4, -0.2) is 22.5 Å². The molecule has 0 saturated heterocycles. The van der Waals surface area contributed by atoms with E-state index in [2.05, 4.69) is 36.2 Å². The number of ether oxygens (including phenoxy) is 1. The largest absolute Gasteiger partial charge is 0.573 e. The van der Waals surface area contributed by atoms with Crippen LogP contribution in [0.25, 0.3) is 0 Å². The minimum Gasteiger partial charge on any atom is -0.404 e. The van der Waals surface area contributed by atoms with Crippen LogP contribution < -0.4 is 10.1 Å². The highest BCUT2D eigenvalue weighted by molar-refractivity contribution is 9.10. The number of rotatable bonds is 3. The molecule has 106 valence electrons. The summed E-state index contributed by atoms with van der Waals surface area (Å²) in [6.45, 7) is 0. The summed E-state index contributed by atoms with van der Waals surface area (Å²) in [4.78, 5) is 11.7. The molecule has 0 aliphatic heterocycles. The van der Waals surface area contributed by atoms with Gasteiger partial charge in [0, 0.05) is 10.7 Å². The molecular weight excluding hydrogens is 343 g/mol. The fraction of sp³-hybridized carbons (Fsp3) is 0.0909. The first-order valence-electron chi connectivity index (χ1n) is 5.21. The molecule has 0 spiro atoms. The summed E-state index contributed by atoms with van der Waals surface area (Å²) in [5.41, 5.74) is -0.0654. The van der Waals surface area contributed by atoms with Gasteiger partial charge >= 0.3 is 6.36 Å². The molecule has 0 aliphatic rings. The number of aromatic nitrogens is 2. The molecule has 1 aromatic heterocycles. The van der Waals surface area contributed by atoms with Crippen LogP contribution in [0.5, 0.6) is 5.75 Å². The lowest BCUT2D eigenvalue weighted by atomic mass is 10.3. The van der Waals surface area contributed by atoms with E-state index in [1.807, 2.05) is 0 Å². The molecule has 1 amide bonds. The first-order chi connectivity index (χ1) is 9.35. The Morgan fingerprint density at radius 2 is 2.10 bits per heavy atom. The highest BCUT2D eigenvalue weighted by atomic mass is 79.9. The van der Waals surface area contributed by atoms with Crippen molar-refractivity contribution in [2.75, 3.05) is 5.32 Å². The van der Waals surface area contributed by atoms with E-state index in [1.54, 1.807) is 0 Å². The van der Waals surface area contributed by atoms with Crippen LogP contribution in [-0.2, 0) is 0 Å². The average Bonchev–Trinajstić information content (AvgIpc) is 2.84. The summed E-state index contributed by atoms with van der Waals surface area (Å²) < 4.78 is 41.1. The number of benzene rings is 1. The van der Waals surface area contributed by atoms with Gasteiger partial charge < -0.3 is 10.1 Å². The van der Waals surface area contributed by atoms with Crippen LogP contribution in [0.15, 0.2) is 34.9 Å². The van der Waals surface area contributed by atoms with Crippen LogP contribution in [0.4, 0.5) is 18.9 Å². The summed E-state index contributed by atoms with van der Waals surface area (Å²) >= 11 is 3.03. The van der Waals surface area contributed by atoms with Crippen molar-refractivity contribution >= 4 is 27.5 Å². The van der Waals surface area contributed by atoms with Gasteiger partial charge in [0.15, 0.2) is 5.75 Å². The number of halogens is 4. The van der Waals surface area contributed by atoms with Crippen molar-refractivity contribution in [1.82, 2.24) is 10.2 Å². The molecule has 2 rings (SSSR count). The highest BCUT2D eigenvalue weighted by Crippen LogP contribution is 2.33. The van der Waals surface area contributed by atoms with Gasteiger partial charge in [-0.05, 0) is 24.3 Å². The van der Waals surface area contributed by atoms with E-state index >= 15 is 0 Å². The molecule has 1 heterocycles. The van der Waals surface area contributed by atoms with Crippen molar-refractivity contribution in [3.05, 3.63) is 40.6 Å². The van der Waals surface area contributed by atoms with Crippen molar-refractivity contribution in [2.24, 2.45) is 0 Å². The first kappa shape index (κ1) is 14.4. The van der Waals surface area contributed by atoms with E-state index in [9.17, 15) is 18.0 Å². The Balaban J connectivity index is 2.25. The van der Waals surface area contributed by atoms with Crippen LogP contribution in [0.1, 0.15) is 10.5 Å². The van der Waals surface area contributed by atoms with E-state index in [-0.39, 0.29) is 11.4 Å². The van der Waals surface area contributed by atoms with Crippen molar-refractivity contribution in [3.8, 4) is 5.75 Å². The van der Waals surface area contributed by atoms with Gasteiger partial charge in [-0.1, -0.05) is 15.9 Å². The number of hydrogen-bond donors (Lipinski definition) is 2. The van der Waals surface area contributed by atoms with E-state index in [4.69, 9.17) is 0 Å². The normalized spacial score (nSPS) is 11.2. The standard InChI is InChI=1S/C11H7BrF3N3O2/c12-6-1-2-7(9(5-6)20-11(13,14)15)17-10(19)8-3-4-16-18-8/h1-5H,(H,16,18)(H,17,19). The molecule has 0 bridgehead atoms. The number of H-pyrrole nitrogens is 1. The molecule has 0 atom stereocenters. The van der Waals surface area contributed by atoms with E-state index in [1.165, 1.54) is 24.4 Å². The maximum absolute atomic E-state index is 12.3. The number of nitrogens with zero attached hydrogens (tertiary/aromatic N) is 1. The van der Waals surface area contributed by atoms with E-state index < -0.39 is 18.0 Å². The third kappa shape index (κ3) is 3.73. The number of amides is 1. The number of anilines is 1.